The van der Waals surface area contributed by atoms with Crippen molar-refractivity contribution in [1.82, 2.24) is 29.7 Å². The summed E-state index contributed by atoms with van der Waals surface area (Å²) in [6.45, 7) is 1.87. The van der Waals surface area contributed by atoms with Gasteiger partial charge in [0.2, 0.25) is 0 Å². The van der Waals surface area contributed by atoms with Crippen molar-refractivity contribution in [2.24, 2.45) is 7.05 Å². The Balaban J connectivity index is 1.63. The largest absolute Gasteiger partial charge is 0.482 e. The van der Waals surface area contributed by atoms with Gasteiger partial charge in [-0.3, -0.25) is 4.68 Å². The molecule has 0 aliphatic heterocycles. The first-order valence-corrected chi connectivity index (χ1v) is 10.8. The molecular weight excluding hydrogens is 457 g/mol. The molecule has 0 fully saturated rings. The second kappa shape index (κ2) is 9.03. The summed E-state index contributed by atoms with van der Waals surface area (Å²) >= 11 is 5.96. The lowest BCUT2D eigenvalue weighted by Gasteiger charge is -2.18. The van der Waals surface area contributed by atoms with E-state index in [1.165, 1.54) is 18.5 Å². The van der Waals surface area contributed by atoms with Crippen LogP contribution in [0, 0.1) is 5.82 Å². The highest BCUT2D eigenvalue weighted by molar-refractivity contribution is 6.31. The molecule has 3 aromatic heterocycles. The number of nitrogens with zero attached hydrogens (tertiary/aromatic N) is 6. The summed E-state index contributed by atoms with van der Waals surface area (Å²) in [5, 5.41) is 8.13. The third-order valence-electron chi connectivity index (χ3n) is 5.18. The van der Waals surface area contributed by atoms with E-state index in [2.05, 4.69) is 30.4 Å². The van der Waals surface area contributed by atoms with E-state index in [0.717, 1.165) is 11.1 Å². The minimum atomic E-state index is -0.499. The molecule has 0 bridgehead atoms. The van der Waals surface area contributed by atoms with Crippen LogP contribution < -0.4 is 10.1 Å². The SMILES string of the molecule is C[C@H](Oc1cc(-c2cnn(C)c2)cc2ncnc(Nc3ccc(F)c(Cl)c3)c12)c1ncccn1. The Morgan fingerprint density at radius 3 is 2.62 bits per heavy atom. The van der Waals surface area contributed by atoms with Crippen LogP contribution in [-0.2, 0) is 7.05 Å². The Kier molecular flexibility index (Phi) is 5.77. The van der Waals surface area contributed by atoms with Crippen LogP contribution in [0.1, 0.15) is 18.9 Å². The Bertz CT molecular complexity index is 1480. The van der Waals surface area contributed by atoms with Gasteiger partial charge >= 0.3 is 0 Å². The van der Waals surface area contributed by atoms with Crippen molar-refractivity contribution in [2.75, 3.05) is 5.32 Å². The van der Waals surface area contributed by atoms with Crippen LogP contribution in [0.15, 0.2) is 67.5 Å². The van der Waals surface area contributed by atoms with Gasteiger partial charge in [-0.2, -0.15) is 5.10 Å². The van der Waals surface area contributed by atoms with Gasteiger partial charge in [0.05, 0.1) is 22.1 Å². The van der Waals surface area contributed by atoms with E-state index in [1.807, 2.05) is 32.3 Å². The monoisotopic (exact) mass is 475 g/mol. The Morgan fingerprint density at radius 2 is 1.88 bits per heavy atom. The zero-order valence-corrected chi connectivity index (χ0v) is 19.0. The minimum Gasteiger partial charge on any atom is -0.482 e. The van der Waals surface area contributed by atoms with Crippen LogP contribution in [0.25, 0.3) is 22.0 Å². The third kappa shape index (κ3) is 4.38. The predicted molar refractivity (Wildman–Crippen MR) is 128 cm³/mol. The van der Waals surface area contributed by atoms with Crippen molar-refractivity contribution in [2.45, 2.75) is 13.0 Å². The number of ether oxygens (including phenoxy) is 1. The number of rotatable bonds is 6. The molecule has 0 saturated carbocycles. The Labute approximate surface area is 199 Å². The van der Waals surface area contributed by atoms with E-state index in [4.69, 9.17) is 16.3 Å². The number of aromatic nitrogens is 6. The Morgan fingerprint density at radius 1 is 1.06 bits per heavy atom. The number of nitrogens with one attached hydrogen (secondary N) is 1. The molecule has 34 heavy (non-hydrogen) atoms. The summed E-state index contributed by atoms with van der Waals surface area (Å²) in [5.74, 6) is 1.06. The number of benzene rings is 2. The summed E-state index contributed by atoms with van der Waals surface area (Å²) < 4.78 is 21.7. The van der Waals surface area contributed by atoms with Crippen LogP contribution in [0.2, 0.25) is 5.02 Å². The van der Waals surface area contributed by atoms with Crippen molar-refractivity contribution in [1.29, 1.82) is 0 Å². The van der Waals surface area contributed by atoms with Crippen molar-refractivity contribution in [3.8, 4) is 16.9 Å². The van der Waals surface area contributed by atoms with E-state index in [-0.39, 0.29) is 5.02 Å². The van der Waals surface area contributed by atoms with Gasteiger partial charge < -0.3 is 10.1 Å². The van der Waals surface area contributed by atoms with Gasteiger partial charge in [-0.15, -0.1) is 0 Å². The molecule has 0 aliphatic rings. The molecule has 8 nitrogen and oxygen atoms in total. The molecule has 5 aromatic rings. The highest BCUT2D eigenvalue weighted by atomic mass is 35.5. The van der Waals surface area contributed by atoms with E-state index in [1.54, 1.807) is 35.4 Å². The summed E-state index contributed by atoms with van der Waals surface area (Å²) in [6.07, 6.45) is 8.03. The van der Waals surface area contributed by atoms with Gasteiger partial charge in [0.15, 0.2) is 11.9 Å². The fraction of sp³-hybridized carbons (Fsp3) is 0.125. The van der Waals surface area contributed by atoms with Crippen LogP contribution in [0.5, 0.6) is 5.75 Å². The second-order valence-corrected chi connectivity index (χ2v) is 8.02. The first kappa shape index (κ1) is 21.7. The van der Waals surface area contributed by atoms with Crippen molar-refractivity contribution < 1.29 is 9.13 Å². The highest BCUT2D eigenvalue weighted by Gasteiger charge is 2.18. The van der Waals surface area contributed by atoms with Gasteiger partial charge in [-0.1, -0.05) is 11.6 Å². The lowest BCUT2D eigenvalue weighted by molar-refractivity contribution is 0.219. The summed E-state index contributed by atoms with van der Waals surface area (Å²) in [7, 11) is 1.86. The fourth-order valence-electron chi connectivity index (χ4n) is 3.55. The second-order valence-electron chi connectivity index (χ2n) is 7.61. The molecule has 1 atom stereocenters. The van der Waals surface area contributed by atoms with Gasteiger partial charge in [0.25, 0.3) is 0 Å². The topological polar surface area (TPSA) is 90.6 Å². The van der Waals surface area contributed by atoms with Crippen molar-refractivity contribution in [3.63, 3.8) is 0 Å². The molecule has 3 heterocycles. The number of hydrogen-bond acceptors (Lipinski definition) is 7. The normalized spacial score (nSPS) is 12.0. The third-order valence-corrected chi connectivity index (χ3v) is 5.47. The van der Waals surface area contributed by atoms with Gasteiger partial charge in [0.1, 0.15) is 23.7 Å². The highest BCUT2D eigenvalue weighted by Crippen LogP contribution is 2.38. The van der Waals surface area contributed by atoms with Crippen LogP contribution in [0.3, 0.4) is 0 Å². The zero-order valence-electron chi connectivity index (χ0n) is 18.3. The number of fused-ring (bicyclic) bond motifs is 1. The fourth-order valence-corrected chi connectivity index (χ4v) is 3.73. The van der Waals surface area contributed by atoms with E-state index in [9.17, 15) is 4.39 Å². The number of hydrogen-bond donors (Lipinski definition) is 1. The van der Waals surface area contributed by atoms with Crippen LogP contribution in [0.4, 0.5) is 15.9 Å². The van der Waals surface area contributed by atoms with E-state index in [0.29, 0.717) is 34.0 Å². The van der Waals surface area contributed by atoms with E-state index < -0.39 is 11.9 Å². The van der Waals surface area contributed by atoms with Crippen molar-refractivity contribution >= 4 is 34.0 Å². The molecule has 170 valence electrons. The number of anilines is 2. The molecule has 2 aromatic carbocycles. The molecule has 5 rings (SSSR count). The molecule has 10 heteroatoms. The lowest BCUT2D eigenvalue weighted by Crippen LogP contribution is -2.08. The summed E-state index contributed by atoms with van der Waals surface area (Å²) in [6, 6.07) is 9.97. The van der Waals surface area contributed by atoms with Gasteiger partial charge in [0, 0.05) is 36.9 Å². The molecule has 0 radical (unpaired) electrons. The maximum absolute atomic E-state index is 13.6. The van der Waals surface area contributed by atoms with Crippen LogP contribution in [-0.4, -0.2) is 29.7 Å². The summed E-state index contributed by atoms with van der Waals surface area (Å²) in [5.41, 5.74) is 3.03. The number of halogens is 2. The van der Waals surface area contributed by atoms with Crippen LogP contribution >= 0.6 is 11.6 Å². The lowest BCUT2D eigenvalue weighted by atomic mass is 10.1. The first-order chi connectivity index (χ1) is 16.5. The number of aryl methyl sites for hydroxylation is 1. The molecule has 0 saturated heterocycles. The van der Waals surface area contributed by atoms with Crippen molar-refractivity contribution in [3.05, 3.63) is 84.2 Å². The standard InChI is InChI=1S/C24H19ClFN7O/c1-14(23-27-6-3-7-28-23)34-21-9-15(16-11-31-33(2)12-16)8-20-22(21)24(30-13-29-20)32-17-4-5-19(26)18(25)10-17/h3-14H,1-2H3,(H,29,30,32)/t14-/m0/s1. The quantitative estimate of drug-likeness (QED) is 0.347. The average molecular weight is 476 g/mol. The van der Waals surface area contributed by atoms with E-state index >= 15 is 0 Å². The summed E-state index contributed by atoms with van der Waals surface area (Å²) in [4.78, 5) is 17.5. The molecular formula is C24H19ClFN7O. The first-order valence-electron chi connectivity index (χ1n) is 10.4. The Hall–Kier alpha value is -4.11. The molecule has 0 spiro atoms. The predicted octanol–water partition coefficient (Wildman–Crippen LogP) is 5.50. The maximum Gasteiger partial charge on any atom is 0.168 e. The smallest absolute Gasteiger partial charge is 0.168 e. The molecule has 0 amide bonds. The molecule has 0 aliphatic carbocycles. The maximum atomic E-state index is 13.6. The minimum absolute atomic E-state index is 0.00791. The zero-order chi connectivity index (χ0) is 23.7. The van der Waals surface area contributed by atoms with Gasteiger partial charge in [-0.05, 0) is 48.9 Å². The average Bonchev–Trinajstić information content (AvgIpc) is 3.28. The van der Waals surface area contributed by atoms with Gasteiger partial charge in [-0.25, -0.2) is 24.3 Å². The molecule has 0 unspecified atom stereocenters. The molecule has 1 N–H and O–H groups in total.